The molecule has 0 aromatic carbocycles. The van der Waals surface area contributed by atoms with Gasteiger partial charge in [-0.05, 0) is 38.0 Å². The lowest BCUT2D eigenvalue weighted by molar-refractivity contribution is -0.126. The van der Waals surface area contributed by atoms with Crippen LogP contribution >= 0.6 is 0 Å². The van der Waals surface area contributed by atoms with E-state index >= 15 is 0 Å². The molecule has 17 heavy (non-hydrogen) atoms. The highest BCUT2D eigenvalue weighted by Crippen LogP contribution is 2.34. The predicted octanol–water partition coefficient (Wildman–Crippen LogP) is 2.74. The van der Waals surface area contributed by atoms with E-state index in [2.05, 4.69) is 39.9 Å². The first kappa shape index (κ1) is 14.5. The second-order valence-corrected chi connectivity index (χ2v) is 6.86. The van der Waals surface area contributed by atoms with Crippen LogP contribution in [0.4, 0.5) is 0 Å². The predicted molar refractivity (Wildman–Crippen MR) is 69.8 cm³/mol. The van der Waals surface area contributed by atoms with Gasteiger partial charge in [0, 0.05) is 6.92 Å². The largest absolute Gasteiger partial charge is 0.373 e. The van der Waals surface area contributed by atoms with Gasteiger partial charge < -0.3 is 10.1 Å². The summed E-state index contributed by atoms with van der Waals surface area (Å²) in [6, 6.07) is 0.0197. The molecule has 0 saturated heterocycles. The van der Waals surface area contributed by atoms with E-state index in [1.54, 1.807) is 6.92 Å². The molecule has 1 saturated carbocycles. The molecule has 0 aromatic heterocycles. The van der Waals surface area contributed by atoms with E-state index < -0.39 is 0 Å². The van der Waals surface area contributed by atoms with Crippen LogP contribution in [0, 0.1) is 11.3 Å². The monoisotopic (exact) mass is 241 g/mol. The summed E-state index contributed by atoms with van der Waals surface area (Å²) in [6.45, 7) is 12.9. The second kappa shape index (κ2) is 4.97. The van der Waals surface area contributed by atoms with Gasteiger partial charge in [-0.2, -0.15) is 0 Å². The van der Waals surface area contributed by atoms with Gasteiger partial charge >= 0.3 is 0 Å². The van der Waals surface area contributed by atoms with Crippen molar-refractivity contribution in [2.24, 2.45) is 11.3 Å². The summed E-state index contributed by atoms with van der Waals surface area (Å²) >= 11 is 0. The summed E-state index contributed by atoms with van der Waals surface area (Å²) in [4.78, 5) is 11.3. The molecule has 100 valence electrons. The standard InChI is InChI=1S/C14H27NO2/c1-10(16)15-12(13(2,3)4)14(5,6)17-9-11-7-8-11/h11-12H,7-9H2,1-6H3,(H,15,16). The Kier molecular flexibility index (Phi) is 4.23. The van der Waals surface area contributed by atoms with E-state index in [4.69, 9.17) is 4.74 Å². The Balaban J connectivity index is 2.67. The molecule has 0 bridgehead atoms. The summed E-state index contributed by atoms with van der Waals surface area (Å²) in [7, 11) is 0. The summed E-state index contributed by atoms with van der Waals surface area (Å²) in [5, 5.41) is 3.04. The van der Waals surface area contributed by atoms with E-state index in [0.717, 1.165) is 12.5 Å². The highest BCUT2D eigenvalue weighted by atomic mass is 16.5. The van der Waals surface area contributed by atoms with Crippen LogP contribution in [-0.2, 0) is 9.53 Å². The van der Waals surface area contributed by atoms with Gasteiger partial charge in [-0.1, -0.05) is 20.8 Å². The summed E-state index contributed by atoms with van der Waals surface area (Å²) in [5.41, 5.74) is -0.342. The fraction of sp³-hybridized carbons (Fsp3) is 0.929. The van der Waals surface area contributed by atoms with Crippen molar-refractivity contribution >= 4 is 5.91 Å². The SMILES string of the molecule is CC(=O)NC(C(C)(C)C)C(C)(C)OCC1CC1. The zero-order chi connectivity index (χ0) is 13.3. The van der Waals surface area contributed by atoms with Gasteiger partial charge in [0.15, 0.2) is 0 Å². The van der Waals surface area contributed by atoms with Crippen molar-refractivity contribution < 1.29 is 9.53 Å². The quantitative estimate of drug-likeness (QED) is 0.803. The maximum absolute atomic E-state index is 11.3. The number of hydrogen-bond acceptors (Lipinski definition) is 2. The summed E-state index contributed by atoms with van der Waals surface area (Å²) in [5.74, 6) is 0.750. The smallest absolute Gasteiger partial charge is 0.217 e. The lowest BCUT2D eigenvalue weighted by Gasteiger charge is -2.42. The second-order valence-electron chi connectivity index (χ2n) is 6.86. The summed E-state index contributed by atoms with van der Waals surface area (Å²) in [6.07, 6.45) is 2.58. The Bertz CT molecular complexity index is 274. The highest BCUT2D eigenvalue weighted by molar-refractivity contribution is 5.73. The molecule has 0 aliphatic heterocycles. The Hall–Kier alpha value is -0.570. The first-order valence-electron chi connectivity index (χ1n) is 6.54. The van der Waals surface area contributed by atoms with E-state index in [9.17, 15) is 4.79 Å². The van der Waals surface area contributed by atoms with Crippen molar-refractivity contribution in [1.29, 1.82) is 0 Å². The third kappa shape index (κ3) is 4.66. The number of rotatable bonds is 5. The zero-order valence-corrected chi connectivity index (χ0v) is 12.1. The molecule has 0 heterocycles. The Morgan fingerprint density at radius 1 is 1.29 bits per heavy atom. The number of carbonyl (C=O) groups is 1. The van der Waals surface area contributed by atoms with E-state index in [1.165, 1.54) is 12.8 Å². The van der Waals surface area contributed by atoms with Crippen LogP contribution < -0.4 is 5.32 Å². The molecule has 1 N–H and O–H groups in total. The van der Waals surface area contributed by atoms with Gasteiger partial charge in [-0.15, -0.1) is 0 Å². The zero-order valence-electron chi connectivity index (χ0n) is 12.1. The first-order chi connectivity index (χ1) is 7.63. The number of ether oxygens (including phenoxy) is 1. The molecule has 3 nitrogen and oxygen atoms in total. The normalized spacial score (nSPS) is 18.9. The molecular formula is C14H27NO2. The van der Waals surface area contributed by atoms with E-state index in [-0.39, 0.29) is 23.0 Å². The maximum atomic E-state index is 11.3. The van der Waals surface area contributed by atoms with Crippen LogP contribution in [0.15, 0.2) is 0 Å². The van der Waals surface area contributed by atoms with Crippen molar-refractivity contribution in [3.05, 3.63) is 0 Å². The minimum atomic E-state index is -0.327. The number of hydrogen-bond donors (Lipinski definition) is 1. The van der Waals surface area contributed by atoms with Gasteiger partial charge in [0.1, 0.15) is 0 Å². The Morgan fingerprint density at radius 2 is 1.82 bits per heavy atom. The van der Waals surface area contributed by atoms with Gasteiger partial charge in [0.05, 0.1) is 18.2 Å². The van der Waals surface area contributed by atoms with Gasteiger partial charge in [-0.3, -0.25) is 4.79 Å². The minimum Gasteiger partial charge on any atom is -0.373 e. The molecule has 1 rings (SSSR count). The molecule has 1 atom stereocenters. The van der Waals surface area contributed by atoms with Crippen LogP contribution in [0.3, 0.4) is 0 Å². The number of carbonyl (C=O) groups excluding carboxylic acids is 1. The number of nitrogens with one attached hydrogen (secondary N) is 1. The third-order valence-electron chi connectivity index (χ3n) is 3.30. The third-order valence-corrected chi connectivity index (χ3v) is 3.30. The first-order valence-corrected chi connectivity index (χ1v) is 6.54. The van der Waals surface area contributed by atoms with Crippen LogP contribution in [0.1, 0.15) is 54.4 Å². The molecule has 1 aliphatic rings. The lowest BCUT2D eigenvalue weighted by Crippen LogP contribution is -2.57. The Morgan fingerprint density at radius 3 is 2.18 bits per heavy atom. The van der Waals surface area contributed by atoms with Gasteiger partial charge in [0.25, 0.3) is 0 Å². The van der Waals surface area contributed by atoms with Crippen LogP contribution in [0.25, 0.3) is 0 Å². The van der Waals surface area contributed by atoms with Gasteiger partial charge in [-0.25, -0.2) is 0 Å². The maximum Gasteiger partial charge on any atom is 0.217 e. The van der Waals surface area contributed by atoms with Crippen molar-refractivity contribution in [3.63, 3.8) is 0 Å². The number of amides is 1. The molecule has 0 radical (unpaired) electrons. The minimum absolute atomic E-state index is 0.00743. The molecule has 0 spiro atoms. The average Bonchev–Trinajstić information content (AvgIpc) is 2.92. The van der Waals surface area contributed by atoms with Crippen molar-refractivity contribution in [2.75, 3.05) is 6.61 Å². The molecular weight excluding hydrogens is 214 g/mol. The fourth-order valence-corrected chi connectivity index (χ4v) is 2.34. The summed E-state index contributed by atoms with van der Waals surface area (Å²) < 4.78 is 6.03. The van der Waals surface area contributed by atoms with Crippen molar-refractivity contribution in [1.82, 2.24) is 5.32 Å². The van der Waals surface area contributed by atoms with Crippen molar-refractivity contribution in [3.8, 4) is 0 Å². The molecule has 1 fully saturated rings. The lowest BCUT2D eigenvalue weighted by atomic mass is 9.77. The topological polar surface area (TPSA) is 38.3 Å². The molecule has 3 heteroatoms. The van der Waals surface area contributed by atoms with Crippen LogP contribution in [0.2, 0.25) is 0 Å². The van der Waals surface area contributed by atoms with E-state index in [0.29, 0.717) is 0 Å². The molecule has 0 aromatic rings. The average molecular weight is 241 g/mol. The van der Waals surface area contributed by atoms with Gasteiger partial charge in [0.2, 0.25) is 5.91 Å². The molecule has 1 unspecified atom stereocenters. The van der Waals surface area contributed by atoms with Crippen molar-refractivity contribution in [2.45, 2.75) is 66.0 Å². The van der Waals surface area contributed by atoms with Crippen LogP contribution in [0.5, 0.6) is 0 Å². The highest BCUT2D eigenvalue weighted by Gasteiger charge is 2.40. The molecule has 1 aliphatic carbocycles. The fourth-order valence-electron chi connectivity index (χ4n) is 2.34. The van der Waals surface area contributed by atoms with Crippen LogP contribution in [-0.4, -0.2) is 24.2 Å². The Labute approximate surface area is 105 Å². The molecule has 1 amide bonds. The van der Waals surface area contributed by atoms with E-state index in [1.807, 2.05) is 0 Å².